The van der Waals surface area contributed by atoms with E-state index >= 15 is 0 Å². The quantitative estimate of drug-likeness (QED) is 0.298. The predicted molar refractivity (Wildman–Crippen MR) is 129 cm³/mol. The van der Waals surface area contributed by atoms with Crippen molar-refractivity contribution in [1.82, 2.24) is 15.1 Å². The number of fused-ring (bicyclic) bond motifs is 1. The Kier molecular flexibility index (Phi) is 6.30. The number of rotatable bonds is 6. The topological polar surface area (TPSA) is 96.0 Å². The van der Waals surface area contributed by atoms with Gasteiger partial charge in [-0.25, -0.2) is 0 Å². The standard InChI is InChI=1S/C25H23N3O5S/c1-4-14(2)28-24(32)19(21(29)26-25(28)34)12-15-9-10-20(33-3)16(11-15)13-27-22(30)17-7-5-6-8-18(17)23(27)31/h5-12,14H,4,13H2,1-3H3,(H,26,29,34)/b19-12+/t14-/m1/s1. The number of methoxy groups -OCH3 is 1. The number of imide groups is 1. The van der Waals surface area contributed by atoms with Crippen LogP contribution in [0.15, 0.2) is 48.0 Å². The van der Waals surface area contributed by atoms with Crippen molar-refractivity contribution in [3.8, 4) is 5.75 Å². The summed E-state index contributed by atoms with van der Waals surface area (Å²) >= 11 is 5.19. The Labute approximate surface area is 202 Å². The largest absolute Gasteiger partial charge is 0.496 e. The number of carbonyl (C=O) groups is 4. The van der Waals surface area contributed by atoms with E-state index in [4.69, 9.17) is 17.0 Å². The zero-order valence-corrected chi connectivity index (χ0v) is 19.8. The zero-order chi connectivity index (χ0) is 24.6. The van der Waals surface area contributed by atoms with Crippen LogP contribution >= 0.6 is 12.2 Å². The van der Waals surface area contributed by atoms with E-state index in [2.05, 4.69) is 5.32 Å². The summed E-state index contributed by atoms with van der Waals surface area (Å²) in [5.41, 5.74) is 1.77. The van der Waals surface area contributed by atoms with E-state index in [0.29, 0.717) is 34.4 Å². The van der Waals surface area contributed by atoms with Gasteiger partial charge in [-0.15, -0.1) is 0 Å². The average molecular weight is 478 g/mol. The van der Waals surface area contributed by atoms with E-state index in [9.17, 15) is 19.2 Å². The first-order chi connectivity index (χ1) is 16.3. The van der Waals surface area contributed by atoms with Crippen LogP contribution in [0.3, 0.4) is 0 Å². The molecule has 1 fully saturated rings. The van der Waals surface area contributed by atoms with Crippen molar-refractivity contribution in [2.75, 3.05) is 7.11 Å². The molecule has 2 aromatic carbocycles. The molecule has 8 nitrogen and oxygen atoms in total. The molecule has 0 saturated carbocycles. The SMILES string of the molecule is CC[C@@H](C)N1C(=O)/C(=C/c2ccc(OC)c(CN3C(=O)c4ccccc4C3=O)c2)C(=O)NC1=S. The normalized spacial score (nSPS) is 17.9. The molecule has 4 rings (SSSR count). The lowest BCUT2D eigenvalue weighted by Gasteiger charge is -2.33. The van der Waals surface area contributed by atoms with Crippen molar-refractivity contribution in [3.63, 3.8) is 0 Å². The highest BCUT2D eigenvalue weighted by molar-refractivity contribution is 7.80. The molecule has 0 unspecified atom stereocenters. The fourth-order valence-electron chi connectivity index (χ4n) is 3.99. The van der Waals surface area contributed by atoms with Gasteiger partial charge >= 0.3 is 0 Å². The summed E-state index contributed by atoms with van der Waals surface area (Å²) in [4.78, 5) is 53.7. The molecular weight excluding hydrogens is 454 g/mol. The molecule has 2 aliphatic rings. The Hall–Kier alpha value is -3.85. The van der Waals surface area contributed by atoms with Gasteiger partial charge < -0.3 is 4.74 Å². The molecule has 0 spiro atoms. The van der Waals surface area contributed by atoms with Gasteiger partial charge in [0.1, 0.15) is 11.3 Å². The van der Waals surface area contributed by atoms with Crippen molar-refractivity contribution < 1.29 is 23.9 Å². The third kappa shape index (κ3) is 3.99. The molecule has 1 N–H and O–H groups in total. The molecule has 0 radical (unpaired) electrons. The molecule has 1 saturated heterocycles. The number of hydrogen-bond acceptors (Lipinski definition) is 6. The van der Waals surface area contributed by atoms with E-state index in [-0.39, 0.29) is 35.1 Å². The van der Waals surface area contributed by atoms with Crippen LogP contribution in [0.25, 0.3) is 6.08 Å². The summed E-state index contributed by atoms with van der Waals surface area (Å²) < 4.78 is 5.43. The highest BCUT2D eigenvalue weighted by Crippen LogP contribution is 2.29. The molecule has 0 aromatic heterocycles. The Morgan fingerprint density at radius 2 is 1.68 bits per heavy atom. The second-order valence-corrected chi connectivity index (χ2v) is 8.45. The number of ether oxygens (including phenoxy) is 1. The van der Waals surface area contributed by atoms with Crippen LogP contribution in [0.5, 0.6) is 5.75 Å². The number of nitrogens with one attached hydrogen (secondary N) is 1. The molecule has 1 atom stereocenters. The van der Waals surface area contributed by atoms with Gasteiger partial charge in [-0.05, 0) is 61.5 Å². The van der Waals surface area contributed by atoms with Gasteiger partial charge in [0.15, 0.2) is 5.11 Å². The lowest BCUT2D eigenvalue weighted by Crippen LogP contribution is -2.56. The molecule has 4 amide bonds. The fraction of sp³-hybridized carbons (Fsp3) is 0.240. The molecular formula is C25H23N3O5S. The second kappa shape index (κ2) is 9.18. The van der Waals surface area contributed by atoms with Crippen molar-refractivity contribution in [2.24, 2.45) is 0 Å². The van der Waals surface area contributed by atoms with Gasteiger partial charge in [0.05, 0.1) is 24.8 Å². The van der Waals surface area contributed by atoms with Crippen molar-refractivity contribution in [3.05, 3.63) is 70.3 Å². The minimum Gasteiger partial charge on any atom is -0.496 e. The molecule has 2 aliphatic heterocycles. The summed E-state index contributed by atoms with van der Waals surface area (Å²) in [5, 5.41) is 2.66. The minimum atomic E-state index is -0.577. The molecule has 0 bridgehead atoms. The van der Waals surface area contributed by atoms with E-state index in [1.165, 1.54) is 18.1 Å². The van der Waals surface area contributed by atoms with Crippen LogP contribution in [-0.2, 0) is 16.1 Å². The predicted octanol–water partition coefficient (Wildman–Crippen LogP) is 2.92. The molecule has 174 valence electrons. The van der Waals surface area contributed by atoms with E-state index in [1.807, 2.05) is 13.8 Å². The molecule has 34 heavy (non-hydrogen) atoms. The van der Waals surface area contributed by atoms with Gasteiger partial charge in [-0.1, -0.05) is 25.1 Å². The van der Waals surface area contributed by atoms with Crippen molar-refractivity contribution >= 4 is 47.0 Å². The lowest BCUT2D eigenvalue weighted by molar-refractivity contribution is -0.130. The molecule has 2 heterocycles. The second-order valence-electron chi connectivity index (χ2n) is 8.06. The number of carbonyl (C=O) groups excluding carboxylic acids is 4. The Morgan fingerprint density at radius 3 is 2.26 bits per heavy atom. The third-order valence-electron chi connectivity index (χ3n) is 5.99. The maximum atomic E-state index is 13.0. The number of nitrogens with zero attached hydrogens (tertiary/aromatic N) is 2. The van der Waals surface area contributed by atoms with Crippen LogP contribution in [0, 0.1) is 0 Å². The van der Waals surface area contributed by atoms with Crippen molar-refractivity contribution in [2.45, 2.75) is 32.9 Å². The fourth-order valence-corrected chi connectivity index (χ4v) is 4.34. The van der Waals surface area contributed by atoms with E-state index < -0.39 is 11.8 Å². The maximum absolute atomic E-state index is 13.0. The Bertz CT molecular complexity index is 1230. The van der Waals surface area contributed by atoms with Crippen LogP contribution in [-0.4, -0.2) is 51.7 Å². The summed E-state index contributed by atoms with van der Waals surface area (Å²) in [7, 11) is 1.49. The van der Waals surface area contributed by atoms with Crippen molar-refractivity contribution in [1.29, 1.82) is 0 Å². The first kappa shape index (κ1) is 23.3. The zero-order valence-electron chi connectivity index (χ0n) is 19.0. The summed E-state index contributed by atoms with van der Waals surface area (Å²) in [5.74, 6) is -1.34. The highest BCUT2D eigenvalue weighted by Gasteiger charge is 2.37. The lowest BCUT2D eigenvalue weighted by atomic mass is 10.0. The first-order valence-electron chi connectivity index (χ1n) is 10.8. The van der Waals surface area contributed by atoms with E-state index in [0.717, 1.165) is 4.90 Å². The monoisotopic (exact) mass is 477 g/mol. The van der Waals surface area contributed by atoms with Crippen LogP contribution in [0.1, 0.15) is 52.1 Å². The van der Waals surface area contributed by atoms with Gasteiger partial charge in [-0.2, -0.15) is 0 Å². The third-order valence-corrected chi connectivity index (χ3v) is 6.29. The van der Waals surface area contributed by atoms with Crippen LogP contribution < -0.4 is 10.1 Å². The summed E-state index contributed by atoms with van der Waals surface area (Å²) in [6.07, 6.45) is 2.14. The van der Waals surface area contributed by atoms with Gasteiger partial charge in [0.2, 0.25) is 0 Å². The molecule has 2 aromatic rings. The average Bonchev–Trinajstić information content (AvgIpc) is 3.06. The highest BCUT2D eigenvalue weighted by atomic mass is 32.1. The number of thiocarbonyl (C=S) groups is 1. The molecule has 0 aliphatic carbocycles. The summed E-state index contributed by atoms with van der Waals surface area (Å²) in [6.45, 7) is 3.76. The minimum absolute atomic E-state index is 0.0181. The summed E-state index contributed by atoms with van der Waals surface area (Å²) in [6, 6.07) is 11.5. The Balaban J connectivity index is 1.67. The number of benzene rings is 2. The first-order valence-corrected chi connectivity index (χ1v) is 11.2. The maximum Gasteiger partial charge on any atom is 0.265 e. The number of hydrogen-bond donors (Lipinski definition) is 1. The van der Waals surface area contributed by atoms with Gasteiger partial charge in [0.25, 0.3) is 23.6 Å². The van der Waals surface area contributed by atoms with Crippen LogP contribution in [0.2, 0.25) is 0 Å². The van der Waals surface area contributed by atoms with E-state index in [1.54, 1.807) is 42.5 Å². The smallest absolute Gasteiger partial charge is 0.265 e. The Morgan fingerprint density at radius 1 is 1.03 bits per heavy atom. The number of amides is 4. The van der Waals surface area contributed by atoms with Gasteiger partial charge in [0, 0.05) is 11.6 Å². The van der Waals surface area contributed by atoms with Crippen LogP contribution in [0.4, 0.5) is 0 Å². The van der Waals surface area contributed by atoms with Gasteiger partial charge in [-0.3, -0.25) is 34.3 Å². The molecule has 9 heteroatoms.